The van der Waals surface area contributed by atoms with E-state index in [1.165, 1.54) is 19.3 Å². The highest BCUT2D eigenvalue weighted by Crippen LogP contribution is 2.37. The summed E-state index contributed by atoms with van der Waals surface area (Å²) in [6, 6.07) is -0.0179. The van der Waals surface area contributed by atoms with Gasteiger partial charge < -0.3 is 9.64 Å². The van der Waals surface area contributed by atoms with E-state index in [1.54, 1.807) is 11.3 Å². The van der Waals surface area contributed by atoms with Gasteiger partial charge >= 0.3 is 6.03 Å². The van der Waals surface area contributed by atoms with Crippen LogP contribution < -0.4 is 5.32 Å². The predicted molar refractivity (Wildman–Crippen MR) is 93.2 cm³/mol. The first kappa shape index (κ1) is 16.7. The van der Waals surface area contributed by atoms with E-state index >= 15 is 0 Å². The van der Waals surface area contributed by atoms with Crippen LogP contribution in [-0.4, -0.2) is 41.7 Å². The van der Waals surface area contributed by atoms with Crippen LogP contribution in [0.25, 0.3) is 0 Å². The van der Waals surface area contributed by atoms with Crippen LogP contribution in [0.4, 0.5) is 9.93 Å². The lowest BCUT2D eigenvalue weighted by molar-refractivity contribution is 0.0446. The Balaban J connectivity index is 1.48. The molecule has 23 heavy (non-hydrogen) atoms. The van der Waals surface area contributed by atoms with Crippen LogP contribution in [0.1, 0.15) is 63.5 Å². The van der Waals surface area contributed by atoms with Crippen LogP contribution >= 0.6 is 11.3 Å². The zero-order chi connectivity index (χ0) is 16.1. The zero-order valence-electron chi connectivity index (χ0n) is 13.9. The average molecular weight is 337 g/mol. The van der Waals surface area contributed by atoms with E-state index in [9.17, 15) is 4.79 Å². The molecule has 1 saturated heterocycles. The molecular formula is C17H27N3O2S. The number of hydrogen-bond donors (Lipinski definition) is 1. The Morgan fingerprint density at radius 1 is 1.35 bits per heavy atom. The maximum Gasteiger partial charge on any atom is 0.323 e. The quantitative estimate of drug-likeness (QED) is 0.875. The van der Waals surface area contributed by atoms with Crippen molar-refractivity contribution in [3.05, 3.63) is 11.1 Å². The molecule has 128 valence electrons. The van der Waals surface area contributed by atoms with Gasteiger partial charge in [0.05, 0.1) is 11.8 Å². The van der Waals surface area contributed by atoms with E-state index in [1.807, 2.05) is 4.90 Å². The molecule has 0 bridgehead atoms. The summed E-state index contributed by atoms with van der Waals surface area (Å²) >= 11 is 1.54. The fourth-order valence-electron chi connectivity index (χ4n) is 3.13. The molecule has 1 aliphatic carbocycles. The lowest BCUT2D eigenvalue weighted by Gasteiger charge is -2.23. The van der Waals surface area contributed by atoms with Crippen LogP contribution in [0.2, 0.25) is 0 Å². The molecule has 2 amide bonds. The van der Waals surface area contributed by atoms with Gasteiger partial charge in [0, 0.05) is 31.0 Å². The number of carbonyl (C=O) groups is 1. The van der Waals surface area contributed by atoms with Crippen LogP contribution in [0.3, 0.4) is 0 Å². The monoisotopic (exact) mass is 337 g/mol. The number of hydrogen-bond acceptors (Lipinski definition) is 4. The Morgan fingerprint density at radius 3 is 2.96 bits per heavy atom. The maximum atomic E-state index is 12.4. The summed E-state index contributed by atoms with van der Waals surface area (Å²) in [5.41, 5.74) is 1.15. The first-order valence-electron chi connectivity index (χ1n) is 8.89. The van der Waals surface area contributed by atoms with Gasteiger partial charge in [-0.15, -0.1) is 11.3 Å². The number of thiazole rings is 1. The number of ether oxygens (including phenoxy) is 1. The molecule has 1 saturated carbocycles. The molecule has 0 spiro atoms. The highest BCUT2D eigenvalue weighted by molar-refractivity contribution is 7.13. The molecule has 0 aromatic carbocycles. The summed E-state index contributed by atoms with van der Waals surface area (Å²) < 4.78 is 5.84. The number of rotatable bonds is 5. The van der Waals surface area contributed by atoms with Gasteiger partial charge in [-0.25, -0.2) is 9.78 Å². The van der Waals surface area contributed by atoms with Crippen molar-refractivity contribution in [2.75, 3.05) is 25.0 Å². The number of aromatic nitrogens is 1. The number of anilines is 1. The third kappa shape index (κ3) is 4.44. The lowest BCUT2D eigenvalue weighted by atomic mass is 9.83. The van der Waals surface area contributed by atoms with E-state index in [0.717, 1.165) is 56.2 Å². The molecule has 6 heteroatoms. The summed E-state index contributed by atoms with van der Waals surface area (Å²) in [6.07, 6.45) is 8.12. The fraction of sp³-hybridized carbons (Fsp3) is 0.765. The highest BCUT2D eigenvalue weighted by Gasteiger charge is 2.24. The molecule has 5 nitrogen and oxygen atoms in total. The van der Waals surface area contributed by atoms with Gasteiger partial charge in [-0.1, -0.05) is 13.3 Å². The van der Waals surface area contributed by atoms with Crippen LogP contribution in [0.5, 0.6) is 0 Å². The second kappa shape index (κ2) is 8.11. The molecule has 1 aromatic heterocycles. The van der Waals surface area contributed by atoms with E-state index < -0.39 is 0 Å². The van der Waals surface area contributed by atoms with Gasteiger partial charge in [0.15, 0.2) is 5.13 Å². The maximum absolute atomic E-state index is 12.4. The Bertz CT molecular complexity index is 516. The second-order valence-corrected chi connectivity index (χ2v) is 7.40. The average Bonchev–Trinajstić information content (AvgIpc) is 2.80. The van der Waals surface area contributed by atoms with Crippen molar-refractivity contribution >= 4 is 22.5 Å². The predicted octanol–water partition coefficient (Wildman–Crippen LogP) is 4.22. The van der Waals surface area contributed by atoms with Crippen LogP contribution in [0.15, 0.2) is 5.38 Å². The Labute approximate surface area is 142 Å². The second-order valence-electron chi connectivity index (χ2n) is 6.55. The third-order valence-corrected chi connectivity index (χ3v) is 5.56. The molecule has 0 radical (unpaired) electrons. The van der Waals surface area contributed by atoms with Gasteiger partial charge in [0.1, 0.15) is 0 Å². The summed E-state index contributed by atoms with van der Waals surface area (Å²) in [5, 5.41) is 5.80. The molecule has 2 heterocycles. The van der Waals surface area contributed by atoms with Gasteiger partial charge in [0.25, 0.3) is 0 Å². The van der Waals surface area contributed by atoms with Crippen LogP contribution in [-0.2, 0) is 4.74 Å². The molecule has 1 N–H and O–H groups in total. The minimum absolute atomic E-state index is 0.0179. The van der Waals surface area contributed by atoms with Crippen molar-refractivity contribution in [2.24, 2.45) is 0 Å². The normalized spacial score (nSPS) is 22.5. The number of nitrogens with zero attached hydrogens (tertiary/aromatic N) is 2. The zero-order valence-corrected chi connectivity index (χ0v) is 14.7. The number of nitrogens with one attached hydrogen (secondary N) is 1. The van der Waals surface area contributed by atoms with Crippen molar-refractivity contribution < 1.29 is 9.53 Å². The topological polar surface area (TPSA) is 54.5 Å². The minimum Gasteiger partial charge on any atom is -0.378 e. The number of carbonyl (C=O) groups excluding carboxylic acids is 1. The molecule has 2 aliphatic rings. The molecular weight excluding hydrogens is 310 g/mol. The summed E-state index contributed by atoms with van der Waals surface area (Å²) in [7, 11) is 0. The smallest absolute Gasteiger partial charge is 0.323 e. The summed E-state index contributed by atoms with van der Waals surface area (Å²) in [4.78, 5) is 18.9. The van der Waals surface area contributed by atoms with Gasteiger partial charge in [-0.05, 0) is 38.5 Å². The Hall–Kier alpha value is -1.14. The van der Waals surface area contributed by atoms with Gasteiger partial charge in [-0.3, -0.25) is 5.32 Å². The van der Waals surface area contributed by atoms with E-state index in [0.29, 0.717) is 12.0 Å². The first-order valence-corrected chi connectivity index (χ1v) is 9.77. The van der Waals surface area contributed by atoms with E-state index in [4.69, 9.17) is 4.74 Å². The number of urea groups is 1. The number of amides is 2. The van der Waals surface area contributed by atoms with Crippen LogP contribution in [0, 0.1) is 0 Å². The first-order chi connectivity index (χ1) is 11.3. The highest BCUT2D eigenvalue weighted by atomic mass is 32.1. The fourth-order valence-corrected chi connectivity index (χ4v) is 3.91. The molecule has 1 atom stereocenters. The number of likely N-dealkylation sites (tertiary alicyclic amines) is 1. The van der Waals surface area contributed by atoms with Crippen molar-refractivity contribution in [3.8, 4) is 0 Å². The van der Waals surface area contributed by atoms with Gasteiger partial charge in [-0.2, -0.15) is 0 Å². The van der Waals surface area contributed by atoms with Crippen molar-refractivity contribution in [1.82, 2.24) is 9.88 Å². The molecule has 3 rings (SSSR count). The summed E-state index contributed by atoms with van der Waals surface area (Å²) in [5.74, 6) is 0.617. The van der Waals surface area contributed by atoms with Crippen molar-refractivity contribution in [3.63, 3.8) is 0 Å². The minimum atomic E-state index is -0.0179. The standard InChI is InChI=1S/C17H27N3O2S/c1-2-11-22-14-7-4-9-20(10-8-14)17(21)19-16-18-15(12-23-16)13-5-3-6-13/h12-14H,2-11H2,1H3,(H,18,19,21)/t14-/m1/s1. The lowest BCUT2D eigenvalue weighted by Crippen LogP contribution is -2.36. The molecule has 0 unspecified atom stereocenters. The summed E-state index contributed by atoms with van der Waals surface area (Å²) in [6.45, 7) is 4.52. The third-order valence-electron chi connectivity index (χ3n) is 4.78. The molecule has 1 aromatic rings. The molecule has 2 fully saturated rings. The molecule has 1 aliphatic heterocycles. The van der Waals surface area contributed by atoms with E-state index in [-0.39, 0.29) is 6.03 Å². The van der Waals surface area contributed by atoms with E-state index in [2.05, 4.69) is 22.6 Å². The SMILES string of the molecule is CCCO[C@@H]1CCCN(C(=O)Nc2nc(C3CCC3)cs2)CC1. The Kier molecular flexibility index (Phi) is 5.89. The van der Waals surface area contributed by atoms with Gasteiger partial charge in [0.2, 0.25) is 0 Å². The Morgan fingerprint density at radius 2 is 2.22 bits per heavy atom. The largest absolute Gasteiger partial charge is 0.378 e. The van der Waals surface area contributed by atoms with Crippen molar-refractivity contribution in [2.45, 2.75) is 63.9 Å². The van der Waals surface area contributed by atoms with Crippen molar-refractivity contribution in [1.29, 1.82) is 0 Å².